The van der Waals surface area contributed by atoms with Crippen LogP contribution in [0.4, 0.5) is 0 Å². The molecule has 0 saturated carbocycles. The first kappa shape index (κ1) is 10.6. The average Bonchev–Trinajstić information content (AvgIpc) is 2.41. The van der Waals surface area contributed by atoms with Crippen molar-refractivity contribution in [1.29, 1.82) is 0 Å². The van der Waals surface area contributed by atoms with Crippen LogP contribution in [-0.4, -0.2) is 23.8 Å². The fraction of sp³-hybridized carbons (Fsp3) is 0.667. The molecule has 3 nitrogen and oxygen atoms in total. The number of thioether (sulfide) groups is 1. The van der Waals surface area contributed by atoms with Gasteiger partial charge in [-0.25, -0.2) is 4.98 Å². The molecule has 1 aromatic rings. The van der Waals surface area contributed by atoms with E-state index in [2.05, 4.69) is 17.2 Å². The average molecular weight is 200 g/mol. The van der Waals surface area contributed by atoms with Crippen LogP contribution in [-0.2, 0) is 0 Å². The highest BCUT2D eigenvalue weighted by Gasteiger charge is 2.04. The molecule has 13 heavy (non-hydrogen) atoms. The monoisotopic (exact) mass is 200 g/mol. The smallest absolute Gasteiger partial charge is 0.256 e. The van der Waals surface area contributed by atoms with Crippen LogP contribution < -0.4 is 5.32 Å². The number of aromatic nitrogens is 1. The number of hydrogen-bond acceptors (Lipinski definition) is 4. The number of aryl methyl sites for hydroxylation is 2. The summed E-state index contributed by atoms with van der Waals surface area (Å²) in [5.41, 5.74) is 0.992. The molecular weight excluding hydrogens is 184 g/mol. The topological polar surface area (TPSA) is 38.1 Å². The number of nitrogens with one attached hydrogen (secondary N) is 1. The summed E-state index contributed by atoms with van der Waals surface area (Å²) in [5, 5.41) is 4.03. The third-order valence-electron chi connectivity index (χ3n) is 1.76. The lowest BCUT2D eigenvalue weighted by atomic mass is 10.4. The van der Waals surface area contributed by atoms with E-state index < -0.39 is 0 Å². The second-order valence-electron chi connectivity index (χ2n) is 2.82. The fourth-order valence-corrected chi connectivity index (χ4v) is 1.70. The number of rotatable bonds is 5. The molecule has 0 unspecified atom stereocenters. The molecule has 1 rings (SSSR count). The zero-order valence-corrected chi connectivity index (χ0v) is 9.20. The molecule has 0 radical (unpaired) electrons. The van der Waals surface area contributed by atoms with E-state index in [0.717, 1.165) is 35.5 Å². The Morgan fingerprint density at radius 1 is 1.46 bits per heavy atom. The van der Waals surface area contributed by atoms with E-state index >= 15 is 0 Å². The fourth-order valence-electron chi connectivity index (χ4n) is 0.892. The second kappa shape index (κ2) is 5.29. The predicted molar refractivity (Wildman–Crippen MR) is 55.2 cm³/mol. The largest absolute Gasteiger partial charge is 0.437 e. The van der Waals surface area contributed by atoms with Gasteiger partial charge < -0.3 is 9.73 Å². The minimum Gasteiger partial charge on any atom is -0.437 e. The van der Waals surface area contributed by atoms with Gasteiger partial charge in [0.1, 0.15) is 5.76 Å². The molecule has 0 aliphatic carbocycles. The molecule has 74 valence electrons. The second-order valence-corrected chi connectivity index (χ2v) is 3.87. The molecule has 0 aliphatic heterocycles. The van der Waals surface area contributed by atoms with Crippen LogP contribution in [0.25, 0.3) is 0 Å². The first-order valence-electron chi connectivity index (χ1n) is 4.51. The Morgan fingerprint density at radius 2 is 2.23 bits per heavy atom. The summed E-state index contributed by atoms with van der Waals surface area (Å²) < 4.78 is 5.42. The molecule has 0 atom stereocenters. The lowest BCUT2D eigenvalue weighted by Crippen LogP contribution is -2.15. The van der Waals surface area contributed by atoms with Gasteiger partial charge in [0.05, 0.1) is 5.69 Å². The van der Waals surface area contributed by atoms with Crippen LogP contribution in [0.1, 0.15) is 18.4 Å². The van der Waals surface area contributed by atoms with Crippen molar-refractivity contribution < 1.29 is 4.42 Å². The molecule has 0 bridgehead atoms. The van der Waals surface area contributed by atoms with Crippen molar-refractivity contribution in [2.75, 3.05) is 18.8 Å². The molecule has 0 fully saturated rings. The van der Waals surface area contributed by atoms with E-state index in [9.17, 15) is 0 Å². The maximum absolute atomic E-state index is 5.42. The third-order valence-corrected chi connectivity index (χ3v) is 2.59. The molecule has 0 aliphatic rings. The van der Waals surface area contributed by atoms with Crippen molar-refractivity contribution in [1.82, 2.24) is 10.3 Å². The van der Waals surface area contributed by atoms with E-state index in [1.165, 1.54) is 0 Å². The number of nitrogens with zero attached hydrogens (tertiary/aromatic N) is 1. The van der Waals surface area contributed by atoms with Gasteiger partial charge in [-0.1, -0.05) is 18.7 Å². The van der Waals surface area contributed by atoms with Crippen LogP contribution in [0.2, 0.25) is 0 Å². The van der Waals surface area contributed by atoms with Gasteiger partial charge in [0.25, 0.3) is 5.22 Å². The van der Waals surface area contributed by atoms with Crippen LogP contribution in [0.3, 0.4) is 0 Å². The van der Waals surface area contributed by atoms with E-state index in [4.69, 9.17) is 4.42 Å². The van der Waals surface area contributed by atoms with Gasteiger partial charge in [-0.15, -0.1) is 0 Å². The Bertz CT molecular complexity index is 241. The van der Waals surface area contributed by atoms with E-state index in [0.29, 0.717) is 0 Å². The molecule has 0 aromatic carbocycles. The minimum absolute atomic E-state index is 0.785. The van der Waals surface area contributed by atoms with Crippen LogP contribution in [0.5, 0.6) is 0 Å². The van der Waals surface area contributed by atoms with Crippen LogP contribution >= 0.6 is 11.8 Å². The summed E-state index contributed by atoms with van der Waals surface area (Å²) in [6.07, 6.45) is 0. The summed E-state index contributed by atoms with van der Waals surface area (Å²) in [4.78, 5) is 4.28. The molecular formula is C9H16N2OS. The van der Waals surface area contributed by atoms with Gasteiger partial charge in [0.2, 0.25) is 0 Å². The van der Waals surface area contributed by atoms with Gasteiger partial charge in [0.15, 0.2) is 0 Å². The quantitative estimate of drug-likeness (QED) is 0.582. The normalized spacial score (nSPS) is 10.7. The molecule has 1 aromatic heterocycles. The maximum Gasteiger partial charge on any atom is 0.256 e. The van der Waals surface area contributed by atoms with Crippen LogP contribution in [0.15, 0.2) is 9.64 Å². The van der Waals surface area contributed by atoms with Crippen LogP contribution in [0, 0.1) is 13.8 Å². The highest BCUT2D eigenvalue weighted by molar-refractivity contribution is 7.99. The van der Waals surface area contributed by atoms with Crippen molar-refractivity contribution in [2.24, 2.45) is 0 Å². The summed E-state index contributed by atoms with van der Waals surface area (Å²) in [7, 11) is 0. The summed E-state index contributed by atoms with van der Waals surface area (Å²) in [6, 6.07) is 0. The Labute approximate surface area is 83.3 Å². The van der Waals surface area contributed by atoms with E-state index in [-0.39, 0.29) is 0 Å². The lowest BCUT2D eigenvalue weighted by molar-refractivity contribution is 0.431. The first-order valence-corrected chi connectivity index (χ1v) is 5.50. The Balaban J connectivity index is 2.29. The SMILES string of the molecule is CCNCCSc1nc(C)c(C)o1. The molecule has 1 N–H and O–H groups in total. The number of hydrogen-bond donors (Lipinski definition) is 1. The zero-order chi connectivity index (χ0) is 9.68. The number of oxazole rings is 1. The first-order chi connectivity index (χ1) is 6.24. The van der Waals surface area contributed by atoms with Gasteiger partial charge in [0, 0.05) is 12.3 Å². The highest BCUT2D eigenvalue weighted by atomic mass is 32.2. The molecule has 0 amide bonds. The Hall–Kier alpha value is -0.480. The van der Waals surface area contributed by atoms with E-state index in [1.807, 2.05) is 13.8 Å². The maximum atomic E-state index is 5.42. The molecule has 4 heteroatoms. The highest BCUT2D eigenvalue weighted by Crippen LogP contribution is 2.19. The minimum atomic E-state index is 0.785. The molecule has 1 heterocycles. The van der Waals surface area contributed by atoms with Crippen molar-refractivity contribution in [3.8, 4) is 0 Å². The Kier molecular flexibility index (Phi) is 4.32. The van der Waals surface area contributed by atoms with Gasteiger partial charge in [-0.3, -0.25) is 0 Å². The van der Waals surface area contributed by atoms with Crippen molar-refractivity contribution in [3.63, 3.8) is 0 Å². The third kappa shape index (κ3) is 3.40. The van der Waals surface area contributed by atoms with Crippen molar-refractivity contribution in [2.45, 2.75) is 26.0 Å². The predicted octanol–water partition coefficient (Wildman–Crippen LogP) is 1.99. The standard InChI is InChI=1S/C9H16N2OS/c1-4-10-5-6-13-9-11-7(2)8(3)12-9/h10H,4-6H2,1-3H3. The summed E-state index contributed by atoms with van der Waals surface area (Å²) >= 11 is 1.66. The zero-order valence-electron chi connectivity index (χ0n) is 8.39. The van der Waals surface area contributed by atoms with Crippen molar-refractivity contribution >= 4 is 11.8 Å². The molecule has 0 spiro atoms. The van der Waals surface area contributed by atoms with Gasteiger partial charge >= 0.3 is 0 Å². The van der Waals surface area contributed by atoms with Gasteiger partial charge in [-0.2, -0.15) is 0 Å². The lowest BCUT2D eigenvalue weighted by Gasteiger charge is -1.97. The van der Waals surface area contributed by atoms with Gasteiger partial charge in [-0.05, 0) is 20.4 Å². The summed E-state index contributed by atoms with van der Waals surface area (Å²) in [5.74, 6) is 1.93. The molecule has 0 saturated heterocycles. The summed E-state index contributed by atoms with van der Waals surface area (Å²) in [6.45, 7) is 8.03. The Morgan fingerprint density at radius 3 is 2.77 bits per heavy atom. The van der Waals surface area contributed by atoms with E-state index in [1.54, 1.807) is 11.8 Å². The van der Waals surface area contributed by atoms with Crippen molar-refractivity contribution in [3.05, 3.63) is 11.5 Å².